The summed E-state index contributed by atoms with van der Waals surface area (Å²) in [7, 11) is 0. The number of amides is 1. The van der Waals surface area contributed by atoms with E-state index in [0.29, 0.717) is 0 Å². The molecule has 1 aliphatic heterocycles. The average Bonchev–Trinajstić information content (AvgIpc) is 2.37. The quantitative estimate of drug-likeness (QED) is 0.764. The second-order valence-corrected chi connectivity index (χ2v) is 5.69. The van der Waals surface area contributed by atoms with Crippen LogP contribution in [0.5, 0.6) is 0 Å². The first kappa shape index (κ1) is 16.0. The van der Waals surface area contributed by atoms with E-state index in [1.165, 1.54) is 19.3 Å². The lowest BCUT2D eigenvalue weighted by Crippen LogP contribution is -2.46. The molecule has 0 spiro atoms. The molecule has 19 heavy (non-hydrogen) atoms. The fourth-order valence-electron chi connectivity index (χ4n) is 2.39. The van der Waals surface area contributed by atoms with Crippen molar-refractivity contribution in [3.63, 3.8) is 0 Å². The number of nitrogens with zero attached hydrogens (tertiary/aromatic N) is 1. The van der Waals surface area contributed by atoms with Gasteiger partial charge in [-0.1, -0.05) is 20.3 Å². The standard InChI is InChI=1S/C14H26N2O3/c1-10(9-16-7-5-4-6-8-16)15-13(17)11(2)12(3)14(18)19/h10-12H,4-9H2,1-3H3,(H,15,17)(H,18,19). The lowest BCUT2D eigenvalue weighted by molar-refractivity contribution is -0.146. The van der Waals surface area contributed by atoms with Crippen molar-refractivity contribution in [2.45, 2.75) is 46.1 Å². The molecular formula is C14H26N2O3. The third-order valence-electron chi connectivity index (χ3n) is 3.92. The molecule has 0 saturated carbocycles. The minimum absolute atomic E-state index is 0.0639. The lowest BCUT2D eigenvalue weighted by Gasteiger charge is -2.30. The van der Waals surface area contributed by atoms with Gasteiger partial charge >= 0.3 is 5.97 Å². The molecule has 5 nitrogen and oxygen atoms in total. The molecule has 0 aromatic carbocycles. The SMILES string of the molecule is CC(CN1CCCCC1)NC(=O)C(C)C(C)C(=O)O. The number of hydrogen-bond donors (Lipinski definition) is 2. The van der Waals surface area contributed by atoms with Crippen molar-refractivity contribution < 1.29 is 14.7 Å². The number of hydrogen-bond acceptors (Lipinski definition) is 3. The van der Waals surface area contributed by atoms with Crippen molar-refractivity contribution in [2.24, 2.45) is 11.8 Å². The number of likely N-dealkylation sites (tertiary alicyclic amines) is 1. The van der Waals surface area contributed by atoms with Crippen molar-refractivity contribution in [2.75, 3.05) is 19.6 Å². The number of carbonyl (C=O) groups is 2. The molecule has 1 amide bonds. The van der Waals surface area contributed by atoms with E-state index < -0.39 is 17.8 Å². The van der Waals surface area contributed by atoms with Crippen LogP contribution < -0.4 is 5.32 Å². The molecule has 2 N–H and O–H groups in total. The first-order valence-corrected chi connectivity index (χ1v) is 7.17. The maximum absolute atomic E-state index is 11.9. The summed E-state index contributed by atoms with van der Waals surface area (Å²) in [5.41, 5.74) is 0. The van der Waals surface area contributed by atoms with Gasteiger partial charge in [0.25, 0.3) is 0 Å². The maximum Gasteiger partial charge on any atom is 0.307 e. The number of carboxylic acid groups (broad SMARTS) is 1. The highest BCUT2D eigenvalue weighted by Gasteiger charge is 2.26. The van der Waals surface area contributed by atoms with Crippen molar-refractivity contribution in [1.29, 1.82) is 0 Å². The molecule has 1 heterocycles. The topological polar surface area (TPSA) is 69.6 Å². The Morgan fingerprint density at radius 1 is 1.11 bits per heavy atom. The number of piperidine rings is 1. The van der Waals surface area contributed by atoms with Crippen molar-refractivity contribution in [3.8, 4) is 0 Å². The van der Waals surface area contributed by atoms with Gasteiger partial charge in [0.15, 0.2) is 0 Å². The number of carboxylic acids is 1. The van der Waals surface area contributed by atoms with Crippen LogP contribution in [0.4, 0.5) is 0 Å². The number of aliphatic carboxylic acids is 1. The molecule has 0 radical (unpaired) electrons. The third-order valence-corrected chi connectivity index (χ3v) is 3.92. The monoisotopic (exact) mass is 270 g/mol. The highest BCUT2D eigenvalue weighted by Crippen LogP contribution is 2.12. The van der Waals surface area contributed by atoms with E-state index in [-0.39, 0.29) is 11.9 Å². The molecule has 0 bridgehead atoms. The smallest absolute Gasteiger partial charge is 0.307 e. The fourth-order valence-corrected chi connectivity index (χ4v) is 2.39. The molecule has 3 unspecified atom stereocenters. The van der Waals surface area contributed by atoms with E-state index in [9.17, 15) is 9.59 Å². The zero-order valence-corrected chi connectivity index (χ0v) is 12.2. The molecule has 5 heteroatoms. The van der Waals surface area contributed by atoms with Crippen LogP contribution in [0.3, 0.4) is 0 Å². The van der Waals surface area contributed by atoms with Crippen molar-refractivity contribution in [1.82, 2.24) is 10.2 Å². The van der Waals surface area contributed by atoms with Gasteiger partial charge in [0.05, 0.1) is 5.92 Å². The van der Waals surface area contributed by atoms with Gasteiger partial charge in [0, 0.05) is 18.5 Å². The van der Waals surface area contributed by atoms with E-state index in [1.807, 2.05) is 6.92 Å². The van der Waals surface area contributed by atoms with Gasteiger partial charge < -0.3 is 15.3 Å². The molecular weight excluding hydrogens is 244 g/mol. The average molecular weight is 270 g/mol. The molecule has 1 aliphatic rings. The van der Waals surface area contributed by atoms with E-state index in [2.05, 4.69) is 10.2 Å². The van der Waals surface area contributed by atoms with Gasteiger partial charge in [0.2, 0.25) is 5.91 Å². The highest BCUT2D eigenvalue weighted by atomic mass is 16.4. The van der Waals surface area contributed by atoms with Crippen LogP contribution >= 0.6 is 0 Å². The van der Waals surface area contributed by atoms with E-state index >= 15 is 0 Å². The Morgan fingerprint density at radius 3 is 2.21 bits per heavy atom. The summed E-state index contributed by atoms with van der Waals surface area (Å²) in [6, 6.07) is 0.0639. The minimum atomic E-state index is -0.925. The van der Waals surface area contributed by atoms with Gasteiger partial charge in [0.1, 0.15) is 0 Å². The second-order valence-electron chi connectivity index (χ2n) is 5.69. The van der Waals surface area contributed by atoms with Crippen molar-refractivity contribution >= 4 is 11.9 Å². The molecule has 1 saturated heterocycles. The zero-order valence-electron chi connectivity index (χ0n) is 12.2. The first-order valence-electron chi connectivity index (χ1n) is 7.17. The van der Waals surface area contributed by atoms with Gasteiger partial charge in [-0.15, -0.1) is 0 Å². The van der Waals surface area contributed by atoms with Crippen LogP contribution in [0, 0.1) is 11.8 Å². The molecule has 0 aromatic heterocycles. The van der Waals surface area contributed by atoms with Gasteiger partial charge in [-0.05, 0) is 32.9 Å². The van der Waals surface area contributed by atoms with Crippen LogP contribution in [0.1, 0.15) is 40.0 Å². The molecule has 0 aliphatic carbocycles. The summed E-state index contributed by atoms with van der Waals surface area (Å²) in [5, 5.41) is 11.8. The molecule has 0 aromatic rings. The number of carbonyl (C=O) groups excluding carboxylic acids is 1. The Kier molecular flexibility index (Phi) is 6.28. The Balaban J connectivity index is 2.36. The maximum atomic E-state index is 11.9. The Labute approximate surface area is 115 Å². The van der Waals surface area contributed by atoms with E-state index in [0.717, 1.165) is 19.6 Å². The Bertz CT molecular complexity index is 314. The summed E-state index contributed by atoms with van der Waals surface area (Å²) in [6.07, 6.45) is 3.75. The molecule has 1 fully saturated rings. The predicted octanol–water partition coefficient (Wildman–Crippen LogP) is 1.33. The van der Waals surface area contributed by atoms with E-state index in [4.69, 9.17) is 5.11 Å². The molecule has 3 atom stereocenters. The fraction of sp³-hybridized carbons (Fsp3) is 0.857. The summed E-state index contributed by atoms with van der Waals surface area (Å²) in [6.45, 7) is 8.26. The van der Waals surface area contributed by atoms with Crippen LogP contribution in [-0.2, 0) is 9.59 Å². The minimum Gasteiger partial charge on any atom is -0.481 e. The summed E-state index contributed by atoms with van der Waals surface area (Å²) < 4.78 is 0. The van der Waals surface area contributed by atoms with Gasteiger partial charge in [-0.2, -0.15) is 0 Å². The van der Waals surface area contributed by atoms with Crippen molar-refractivity contribution in [3.05, 3.63) is 0 Å². The summed E-state index contributed by atoms with van der Waals surface area (Å²) in [4.78, 5) is 25.2. The van der Waals surface area contributed by atoms with Crippen LogP contribution in [-0.4, -0.2) is 47.6 Å². The predicted molar refractivity (Wildman–Crippen MR) is 73.9 cm³/mol. The zero-order chi connectivity index (χ0) is 14.4. The molecule has 1 rings (SSSR count). The van der Waals surface area contributed by atoms with Crippen LogP contribution in [0.15, 0.2) is 0 Å². The third kappa shape index (κ3) is 5.19. The highest BCUT2D eigenvalue weighted by molar-refractivity contribution is 5.84. The largest absolute Gasteiger partial charge is 0.481 e. The first-order chi connectivity index (χ1) is 8.91. The number of rotatable bonds is 6. The van der Waals surface area contributed by atoms with Crippen LogP contribution in [0.2, 0.25) is 0 Å². The Hall–Kier alpha value is -1.10. The lowest BCUT2D eigenvalue weighted by atomic mass is 9.95. The van der Waals surface area contributed by atoms with Gasteiger partial charge in [-0.25, -0.2) is 0 Å². The van der Waals surface area contributed by atoms with E-state index in [1.54, 1.807) is 13.8 Å². The summed E-state index contributed by atoms with van der Waals surface area (Å²) in [5.74, 6) is -2.24. The van der Waals surface area contributed by atoms with Gasteiger partial charge in [-0.3, -0.25) is 9.59 Å². The Morgan fingerprint density at radius 2 is 1.68 bits per heavy atom. The number of nitrogens with one attached hydrogen (secondary N) is 1. The normalized spacial score (nSPS) is 21.4. The molecule has 110 valence electrons. The summed E-state index contributed by atoms with van der Waals surface area (Å²) >= 11 is 0. The van der Waals surface area contributed by atoms with Crippen LogP contribution in [0.25, 0.3) is 0 Å². The second kappa shape index (κ2) is 7.48.